The first kappa shape index (κ1) is 20.2. The van der Waals surface area contributed by atoms with Crippen molar-refractivity contribution in [3.05, 3.63) is 54.1 Å². The van der Waals surface area contributed by atoms with E-state index in [1.807, 2.05) is 13.8 Å². The Morgan fingerprint density at radius 1 is 1.04 bits per heavy atom. The quantitative estimate of drug-likeness (QED) is 0.676. The molecule has 0 aliphatic rings. The van der Waals surface area contributed by atoms with Crippen molar-refractivity contribution in [2.75, 3.05) is 12.4 Å². The van der Waals surface area contributed by atoms with Crippen LogP contribution in [0.3, 0.4) is 0 Å². The lowest BCUT2D eigenvalue weighted by Gasteiger charge is -2.13. The second kappa shape index (κ2) is 9.56. The molecule has 0 aliphatic carbocycles. The number of hydrogen-bond donors (Lipinski definition) is 1. The summed E-state index contributed by atoms with van der Waals surface area (Å²) in [4.78, 5) is 12.1. The highest BCUT2D eigenvalue weighted by Gasteiger charge is 2.10. The first-order valence-electron chi connectivity index (χ1n) is 8.26. The van der Waals surface area contributed by atoms with Gasteiger partial charge in [0.25, 0.3) is 0 Å². The molecule has 1 N–H and O–H groups in total. The fourth-order valence-electron chi connectivity index (χ4n) is 2.25. The Bertz CT molecular complexity index is 806. The minimum absolute atomic E-state index is 0.00148. The Kier molecular flexibility index (Phi) is 7.16. The van der Waals surface area contributed by atoms with Crippen LogP contribution in [-0.4, -0.2) is 25.7 Å². The average molecular weight is 377 g/mol. The SMILES string of the molecule is COc1cc(/C=C/C(=O)Nc2ccccc2OC(F)F)ccc1OC(C)C. The van der Waals surface area contributed by atoms with Crippen LogP contribution in [0.2, 0.25) is 0 Å². The Morgan fingerprint density at radius 3 is 2.44 bits per heavy atom. The minimum Gasteiger partial charge on any atom is -0.493 e. The fourth-order valence-corrected chi connectivity index (χ4v) is 2.25. The van der Waals surface area contributed by atoms with Gasteiger partial charge in [-0.25, -0.2) is 0 Å². The number of ether oxygens (including phenoxy) is 3. The third-order valence-electron chi connectivity index (χ3n) is 3.34. The van der Waals surface area contributed by atoms with Crippen LogP contribution in [-0.2, 0) is 4.79 Å². The van der Waals surface area contributed by atoms with E-state index < -0.39 is 12.5 Å². The Hall–Kier alpha value is -3.09. The zero-order valence-electron chi connectivity index (χ0n) is 15.2. The monoisotopic (exact) mass is 377 g/mol. The molecule has 0 saturated carbocycles. The number of rotatable bonds is 8. The van der Waals surface area contributed by atoms with Crippen molar-refractivity contribution in [1.82, 2.24) is 0 Å². The first-order chi connectivity index (χ1) is 12.9. The molecule has 2 aromatic carbocycles. The van der Waals surface area contributed by atoms with Crippen LogP contribution in [0.25, 0.3) is 6.08 Å². The van der Waals surface area contributed by atoms with Crippen LogP contribution in [0.15, 0.2) is 48.5 Å². The van der Waals surface area contributed by atoms with Gasteiger partial charge < -0.3 is 19.5 Å². The molecule has 0 aromatic heterocycles. The van der Waals surface area contributed by atoms with E-state index in [2.05, 4.69) is 10.1 Å². The topological polar surface area (TPSA) is 56.8 Å². The van der Waals surface area contributed by atoms with Gasteiger partial charge in [-0.1, -0.05) is 18.2 Å². The molecule has 2 aromatic rings. The van der Waals surface area contributed by atoms with Crippen LogP contribution in [0, 0.1) is 0 Å². The van der Waals surface area contributed by atoms with Gasteiger partial charge in [-0.05, 0) is 49.8 Å². The molecular weight excluding hydrogens is 356 g/mol. The molecule has 0 heterocycles. The van der Waals surface area contributed by atoms with Gasteiger partial charge in [-0.3, -0.25) is 4.79 Å². The predicted octanol–water partition coefficient (Wildman–Crippen LogP) is 4.74. The highest BCUT2D eigenvalue weighted by molar-refractivity contribution is 6.02. The average Bonchev–Trinajstić information content (AvgIpc) is 2.61. The zero-order chi connectivity index (χ0) is 19.8. The van der Waals surface area contributed by atoms with Crippen LogP contribution in [0.4, 0.5) is 14.5 Å². The lowest BCUT2D eigenvalue weighted by Crippen LogP contribution is -2.11. The molecule has 0 unspecified atom stereocenters. The van der Waals surface area contributed by atoms with Gasteiger partial charge >= 0.3 is 6.61 Å². The second-order valence-corrected chi connectivity index (χ2v) is 5.77. The predicted molar refractivity (Wildman–Crippen MR) is 99.5 cm³/mol. The number of halogens is 2. The number of carbonyl (C=O) groups excluding carboxylic acids is 1. The third kappa shape index (κ3) is 6.29. The smallest absolute Gasteiger partial charge is 0.387 e. The molecule has 5 nitrogen and oxygen atoms in total. The van der Waals surface area contributed by atoms with Gasteiger partial charge in [0.1, 0.15) is 5.75 Å². The Morgan fingerprint density at radius 2 is 1.78 bits per heavy atom. The van der Waals surface area contributed by atoms with E-state index in [9.17, 15) is 13.6 Å². The van der Waals surface area contributed by atoms with Crippen molar-refractivity contribution in [3.63, 3.8) is 0 Å². The number of methoxy groups -OCH3 is 1. The number of anilines is 1. The summed E-state index contributed by atoms with van der Waals surface area (Å²) in [6.07, 6.45) is 2.87. The Labute approximate surface area is 156 Å². The highest BCUT2D eigenvalue weighted by atomic mass is 19.3. The second-order valence-electron chi connectivity index (χ2n) is 5.77. The van der Waals surface area contributed by atoms with E-state index in [-0.39, 0.29) is 17.5 Å². The number of nitrogens with one attached hydrogen (secondary N) is 1. The number of carbonyl (C=O) groups is 1. The lowest BCUT2D eigenvalue weighted by molar-refractivity contribution is -0.111. The molecule has 0 bridgehead atoms. The lowest BCUT2D eigenvalue weighted by atomic mass is 10.2. The van der Waals surface area contributed by atoms with Crippen molar-refractivity contribution in [3.8, 4) is 17.2 Å². The Balaban J connectivity index is 2.09. The molecule has 2 rings (SSSR count). The molecule has 7 heteroatoms. The van der Waals surface area contributed by atoms with Gasteiger partial charge in [-0.15, -0.1) is 0 Å². The molecule has 144 valence electrons. The number of alkyl halides is 2. The van der Waals surface area contributed by atoms with E-state index in [1.165, 1.54) is 31.4 Å². The maximum atomic E-state index is 12.4. The third-order valence-corrected chi connectivity index (χ3v) is 3.34. The van der Waals surface area contributed by atoms with Crippen molar-refractivity contribution < 1.29 is 27.8 Å². The summed E-state index contributed by atoms with van der Waals surface area (Å²) >= 11 is 0. The summed E-state index contributed by atoms with van der Waals surface area (Å²) < 4.78 is 40.2. The van der Waals surface area contributed by atoms with Crippen molar-refractivity contribution in [1.29, 1.82) is 0 Å². The van der Waals surface area contributed by atoms with Crippen molar-refractivity contribution in [2.24, 2.45) is 0 Å². The summed E-state index contributed by atoms with van der Waals surface area (Å²) in [6, 6.07) is 11.2. The maximum Gasteiger partial charge on any atom is 0.387 e. The van der Waals surface area contributed by atoms with E-state index in [0.717, 1.165) is 5.56 Å². The van der Waals surface area contributed by atoms with Gasteiger partial charge in [-0.2, -0.15) is 8.78 Å². The van der Waals surface area contributed by atoms with E-state index in [1.54, 1.807) is 30.3 Å². The van der Waals surface area contributed by atoms with Crippen LogP contribution >= 0.6 is 0 Å². The standard InChI is InChI=1S/C20H21F2NO4/c1-13(2)26-17-10-8-14(12-18(17)25-3)9-11-19(24)23-15-6-4-5-7-16(15)27-20(21)22/h4-13,20H,1-3H3,(H,23,24)/b11-9+. The zero-order valence-corrected chi connectivity index (χ0v) is 15.2. The van der Waals surface area contributed by atoms with Gasteiger partial charge in [0.15, 0.2) is 11.5 Å². The number of benzene rings is 2. The molecule has 27 heavy (non-hydrogen) atoms. The number of amides is 1. The van der Waals surface area contributed by atoms with Crippen LogP contribution < -0.4 is 19.5 Å². The largest absolute Gasteiger partial charge is 0.493 e. The molecule has 0 spiro atoms. The summed E-state index contributed by atoms with van der Waals surface area (Å²) in [6.45, 7) is 0.845. The minimum atomic E-state index is -2.97. The van der Waals surface area contributed by atoms with E-state index in [0.29, 0.717) is 11.5 Å². The van der Waals surface area contributed by atoms with E-state index >= 15 is 0 Å². The molecule has 0 aliphatic heterocycles. The summed E-state index contributed by atoms with van der Waals surface area (Å²) in [7, 11) is 1.53. The molecule has 0 radical (unpaired) electrons. The fraction of sp³-hybridized carbons (Fsp3) is 0.250. The van der Waals surface area contributed by atoms with Crippen molar-refractivity contribution in [2.45, 2.75) is 26.6 Å². The molecule has 0 saturated heterocycles. The number of para-hydroxylation sites is 2. The summed E-state index contributed by atoms with van der Waals surface area (Å²) in [5.41, 5.74) is 0.876. The van der Waals surface area contributed by atoms with Gasteiger partial charge in [0.05, 0.1) is 18.9 Å². The highest BCUT2D eigenvalue weighted by Crippen LogP contribution is 2.29. The summed E-state index contributed by atoms with van der Waals surface area (Å²) in [5, 5.41) is 2.51. The van der Waals surface area contributed by atoms with Gasteiger partial charge in [0, 0.05) is 6.08 Å². The summed E-state index contributed by atoms with van der Waals surface area (Å²) in [5.74, 6) is 0.557. The molecule has 0 fully saturated rings. The molecular formula is C20H21F2NO4. The maximum absolute atomic E-state index is 12.4. The first-order valence-corrected chi connectivity index (χ1v) is 8.26. The number of hydrogen-bond acceptors (Lipinski definition) is 4. The van der Waals surface area contributed by atoms with Crippen LogP contribution in [0.1, 0.15) is 19.4 Å². The molecule has 0 atom stereocenters. The van der Waals surface area contributed by atoms with Gasteiger partial charge in [0.2, 0.25) is 5.91 Å². The van der Waals surface area contributed by atoms with Crippen molar-refractivity contribution >= 4 is 17.7 Å². The molecule has 1 amide bonds. The normalized spacial score (nSPS) is 11.1. The van der Waals surface area contributed by atoms with Crippen LogP contribution in [0.5, 0.6) is 17.2 Å². The van der Waals surface area contributed by atoms with E-state index in [4.69, 9.17) is 9.47 Å².